The molecule has 0 aromatic heterocycles. The molecule has 0 amide bonds. The van der Waals surface area contributed by atoms with E-state index >= 15 is 0 Å². The summed E-state index contributed by atoms with van der Waals surface area (Å²) in [5, 5.41) is 0. The molecule has 0 atom stereocenters. The zero-order chi connectivity index (χ0) is 9.38. The molecule has 0 spiro atoms. The maximum absolute atomic E-state index is 4.30. The van der Waals surface area contributed by atoms with Crippen LogP contribution in [0.2, 0.25) is 0 Å². The van der Waals surface area contributed by atoms with Gasteiger partial charge in [0.1, 0.15) is 0 Å². The van der Waals surface area contributed by atoms with Crippen molar-refractivity contribution in [3.05, 3.63) is 46.4 Å². The van der Waals surface area contributed by atoms with Gasteiger partial charge in [0.2, 0.25) is 0 Å². The predicted molar refractivity (Wildman–Crippen MR) is 62.8 cm³/mol. The molecular weight excluding hydrogens is 210 g/mol. The van der Waals surface area contributed by atoms with Crippen LogP contribution in [0.1, 0.15) is 0 Å². The van der Waals surface area contributed by atoms with Crippen molar-refractivity contribution in [3.63, 3.8) is 0 Å². The Bertz CT molecular complexity index is 431. The van der Waals surface area contributed by atoms with E-state index in [0.29, 0.717) is 0 Å². The van der Waals surface area contributed by atoms with Gasteiger partial charge in [-0.2, -0.15) is 0 Å². The molecular formula is C11H7NS2. The second kappa shape index (κ2) is 3.33. The summed E-state index contributed by atoms with van der Waals surface area (Å²) in [5.41, 5.74) is 1.09. The molecule has 0 bridgehead atoms. The number of benzene rings is 1. The van der Waals surface area contributed by atoms with E-state index in [9.17, 15) is 0 Å². The van der Waals surface area contributed by atoms with Crippen LogP contribution in [0.25, 0.3) is 0 Å². The molecule has 0 saturated carbocycles. The third kappa shape index (κ3) is 1.33. The molecule has 0 fully saturated rings. The molecule has 3 rings (SSSR count). The van der Waals surface area contributed by atoms with Crippen LogP contribution in [0, 0.1) is 0 Å². The van der Waals surface area contributed by atoms with Crippen molar-refractivity contribution in [2.24, 2.45) is 4.99 Å². The van der Waals surface area contributed by atoms with Gasteiger partial charge in [0.15, 0.2) is 0 Å². The summed E-state index contributed by atoms with van der Waals surface area (Å²) in [5.74, 6) is 0. The summed E-state index contributed by atoms with van der Waals surface area (Å²) in [6.07, 6.45) is 5.88. The SMILES string of the molecule is C1=CC(=C2Sc3ccccc3S2)N=C1. The van der Waals surface area contributed by atoms with Crippen molar-refractivity contribution in [2.45, 2.75) is 9.79 Å². The molecule has 14 heavy (non-hydrogen) atoms. The van der Waals surface area contributed by atoms with Crippen molar-refractivity contribution < 1.29 is 0 Å². The van der Waals surface area contributed by atoms with E-state index in [2.05, 4.69) is 35.3 Å². The van der Waals surface area contributed by atoms with Crippen LogP contribution in [0.15, 0.2) is 61.1 Å². The first-order valence-corrected chi connectivity index (χ1v) is 5.96. The topological polar surface area (TPSA) is 12.4 Å². The number of aliphatic imine (C=N–C) groups is 1. The Morgan fingerprint density at radius 2 is 1.71 bits per heavy atom. The third-order valence-corrected chi connectivity index (χ3v) is 4.59. The molecule has 2 aliphatic heterocycles. The number of allylic oxidation sites excluding steroid dienone is 2. The minimum absolute atomic E-state index is 1.09. The Morgan fingerprint density at radius 1 is 1.00 bits per heavy atom. The van der Waals surface area contributed by atoms with E-state index in [4.69, 9.17) is 0 Å². The minimum Gasteiger partial charge on any atom is -0.255 e. The zero-order valence-corrected chi connectivity index (χ0v) is 8.94. The van der Waals surface area contributed by atoms with Crippen LogP contribution in [-0.4, -0.2) is 6.21 Å². The molecule has 2 aliphatic rings. The second-order valence-corrected chi connectivity index (χ2v) is 5.32. The highest BCUT2D eigenvalue weighted by Crippen LogP contribution is 2.52. The monoisotopic (exact) mass is 217 g/mol. The molecule has 1 aromatic carbocycles. The molecule has 0 saturated heterocycles. The molecule has 68 valence electrons. The van der Waals surface area contributed by atoms with E-state index in [1.165, 1.54) is 14.0 Å². The fourth-order valence-electron chi connectivity index (χ4n) is 1.37. The van der Waals surface area contributed by atoms with Gasteiger partial charge in [-0.25, -0.2) is 0 Å². The van der Waals surface area contributed by atoms with E-state index in [1.807, 2.05) is 35.8 Å². The van der Waals surface area contributed by atoms with Crippen molar-refractivity contribution >= 4 is 29.7 Å². The Balaban J connectivity index is 2.03. The van der Waals surface area contributed by atoms with Crippen molar-refractivity contribution in [1.29, 1.82) is 0 Å². The average Bonchev–Trinajstić information content (AvgIpc) is 2.86. The number of fused-ring (bicyclic) bond motifs is 1. The van der Waals surface area contributed by atoms with Gasteiger partial charge in [-0.05, 0) is 24.3 Å². The molecule has 0 aliphatic carbocycles. The lowest BCUT2D eigenvalue weighted by atomic mass is 10.4. The number of hydrogen-bond acceptors (Lipinski definition) is 3. The smallest absolute Gasteiger partial charge is 0.0837 e. The normalized spacial score (nSPS) is 18.0. The molecule has 2 heterocycles. The van der Waals surface area contributed by atoms with Gasteiger partial charge in [-0.1, -0.05) is 35.7 Å². The highest BCUT2D eigenvalue weighted by atomic mass is 32.2. The molecule has 0 N–H and O–H groups in total. The Labute approximate surface area is 91.0 Å². The summed E-state index contributed by atoms with van der Waals surface area (Å²) in [6.45, 7) is 0. The zero-order valence-electron chi connectivity index (χ0n) is 7.31. The van der Waals surface area contributed by atoms with Crippen LogP contribution in [0.5, 0.6) is 0 Å². The first-order valence-electron chi connectivity index (χ1n) is 4.33. The van der Waals surface area contributed by atoms with E-state index in [-0.39, 0.29) is 0 Å². The van der Waals surface area contributed by atoms with Gasteiger partial charge in [0, 0.05) is 16.0 Å². The second-order valence-electron chi connectivity index (χ2n) is 2.96. The third-order valence-electron chi connectivity index (χ3n) is 2.02. The highest BCUT2D eigenvalue weighted by Gasteiger charge is 2.19. The summed E-state index contributed by atoms with van der Waals surface area (Å²) in [7, 11) is 0. The van der Waals surface area contributed by atoms with Gasteiger partial charge in [-0.15, -0.1) is 0 Å². The lowest BCUT2D eigenvalue weighted by Crippen LogP contribution is -1.69. The highest BCUT2D eigenvalue weighted by molar-refractivity contribution is 8.24. The maximum Gasteiger partial charge on any atom is 0.0837 e. The van der Waals surface area contributed by atoms with Gasteiger partial charge in [0.25, 0.3) is 0 Å². The van der Waals surface area contributed by atoms with Crippen molar-refractivity contribution in [3.8, 4) is 0 Å². The summed E-state index contributed by atoms with van der Waals surface area (Å²) < 4.78 is 1.29. The van der Waals surface area contributed by atoms with Crippen LogP contribution in [0.4, 0.5) is 0 Å². The summed E-state index contributed by atoms with van der Waals surface area (Å²) in [4.78, 5) is 6.99. The largest absolute Gasteiger partial charge is 0.255 e. The Hall–Kier alpha value is -0.930. The van der Waals surface area contributed by atoms with Crippen LogP contribution < -0.4 is 0 Å². The number of hydrogen-bond donors (Lipinski definition) is 0. The van der Waals surface area contributed by atoms with E-state index < -0.39 is 0 Å². The van der Waals surface area contributed by atoms with Gasteiger partial charge in [-0.3, -0.25) is 4.99 Å². The molecule has 0 unspecified atom stereocenters. The van der Waals surface area contributed by atoms with E-state index in [0.717, 1.165) is 5.70 Å². The maximum atomic E-state index is 4.30. The van der Waals surface area contributed by atoms with Crippen molar-refractivity contribution in [2.75, 3.05) is 0 Å². The quantitative estimate of drug-likeness (QED) is 0.657. The fourth-order valence-corrected chi connectivity index (χ4v) is 3.80. The fraction of sp³-hybridized carbons (Fsp3) is 0. The van der Waals surface area contributed by atoms with E-state index in [1.54, 1.807) is 0 Å². The van der Waals surface area contributed by atoms with Crippen LogP contribution >= 0.6 is 23.5 Å². The number of rotatable bonds is 0. The standard InChI is InChI=1S/C11H7NS2/c1-2-6-10-9(5-1)13-11(14-10)8-4-3-7-12-8/h1-7H. The van der Waals surface area contributed by atoms with Crippen LogP contribution in [0.3, 0.4) is 0 Å². The van der Waals surface area contributed by atoms with Gasteiger partial charge < -0.3 is 0 Å². The Morgan fingerprint density at radius 3 is 2.29 bits per heavy atom. The lowest BCUT2D eigenvalue weighted by molar-refractivity contribution is 1.27. The first-order chi connectivity index (χ1) is 6.93. The number of thioether (sulfide) groups is 2. The molecule has 0 radical (unpaired) electrons. The molecule has 1 aromatic rings. The van der Waals surface area contributed by atoms with Crippen molar-refractivity contribution in [1.82, 2.24) is 0 Å². The van der Waals surface area contributed by atoms with Gasteiger partial charge >= 0.3 is 0 Å². The summed E-state index contributed by atoms with van der Waals surface area (Å²) >= 11 is 3.62. The molecule has 3 heteroatoms. The Kier molecular flexibility index (Phi) is 2.00. The summed E-state index contributed by atoms with van der Waals surface area (Å²) in [6, 6.07) is 8.47. The predicted octanol–water partition coefficient (Wildman–Crippen LogP) is 3.69. The van der Waals surface area contributed by atoms with Gasteiger partial charge in [0.05, 0.1) is 9.93 Å². The van der Waals surface area contributed by atoms with Crippen LogP contribution in [-0.2, 0) is 0 Å². The number of nitrogens with zero attached hydrogens (tertiary/aromatic N) is 1. The minimum atomic E-state index is 1.09. The first kappa shape index (κ1) is 8.38. The molecule has 1 nitrogen and oxygen atoms in total. The lowest BCUT2D eigenvalue weighted by Gasteiger charge is -1.94. The average molecular weight is 217 g/mol.